The minimum atomic E-state index is -2.91. The third-order valence-electron chi connectivity index (χ3n) is 2.57. The molecule has 5 nitrogen and oxygen atoms in total. The Labute approximate surface area is 102 Å². The van der Waals surface area contributed by atoms with E-state index in [1.807, 2.05) is 0 Å². The standard InChI is InChI=1S/C8H12IN3O2S/c9-7-4-11-12(8(7)10)6-2-1-3-15(13,14)5-6/h4,6H,1-3,5,10H2. The summed E-state index contributed by atoms with van der Waals surface area (Å²) in [6.07, 6.45) is 3.20. The molecule has 7 heteroatoms. The van der Waals surface area contributed by atoms with E-state index in [4.69, 9.17) is 5.73 Å². The molecule has 1 aromatic rings. The van der Waals surface area contributed by atoms with Gasteiger partial charge in [-0.15, -0.1) is 0 Å². The molecule has 1 saturated heterocycles. The average Bonchev–Trinajstić information content (AvgIpc) is 2.46. The van der Waals surface area contributed by atoms with Crippen molar-refractivity contribution in [3.63, 3.8) is 0 Å². The van der Waals surface area contributed by atoms with Gasteiger partial charge in [-0.25, -0.2) is 13.1 Å². The van der Waals surface area contributed by atoms with Gasteiger partial charge in [0.25, 0.3) is 0 Å². The van der Waals surface area contributed by atoms with E-state index >= 15 is 0 Å². The van der Waals surface area contributed by atoms with Gasteiger partial charge in [-0.1, -0.05) is 0 Å². The Bertz CT molecular complexity index is 468. The number of sulfone groups is 1. The zero-order chi connectivity index (χ0) is 11.1. The van der Waals surface area contributed by atoms with Gasteiger partial charge >= 0.3 is 0 Å². The highest BCUT2D eigenvalue weighted by Gasteiger charge is 2.27. The zero-order valence-electron chi connectivity index (χ0n) is 8.06. The summed E-state index contributed by atoms with van der Waals surface area (Å²) in [6, 6.07) is -0.0905. The summed E-state index contributed by atoms with van der Waals surface area (Å²) in [5.74, 6) is 1.02. The molecule has 2 N–H and O–H groups in total. The van der Waals surface area contributed by atoms with Crippen LogP contribution in [0, 0.1) is 3.57 Å². The van der Waals surface area contributed by atoms with Crippen LogP contribution in [0.2, 0.25) is 0 Å². The van der Waals surface area contributed by atoms with Crippen LogP contribution in [0.15, 0.2) is 6.20 Å². The van der Waals surface area contributed by atoms with E-state index in [-0.39, 0.29) is 11.8 Å². The van der Waals surface area contributed by atoms with E-state index in [9.17, 15) is 8.42 Å². The van der Waals surface area contributed by atoms with Crippen molar-refractivity contribution in [2.24, 2.45) is 0 Å². The summed E-state index contributed by atoms with van der Waals surface area (Å²) in [4.78, 5) is 0. The molecule has 1 atom stereocenters. The molecule has 1 aromatic heterocycles. The van der Waals surface area contributed by atoms with E-state index in [0.717, 1.165) is 9.99 Å². The number of rotatable bonds is 1. The average molecular weight is 341 g/mol. The molecule has 0 radical (unpaired) electrons. The molecule has 0 aromatic carbocycles. The molecule has 1 fully saturated rings. The fraction of sp³-hybridized carbons (Fsp3) is 0.625. The Balaban J connectivity index is 2.28. The molecule has 1 unspecified atom stereocenters. The molecule has 0 aliphatic carbocycles. The van der Waals surface area contributed by atoms with Gasteiger partial charge in [-0.3, -0.25) is 0 Å². The molecule has 0 amide bonds. The Kier molecular flexibility index (Phi) is 2.93. The summed E-state index contributed by atoms with van der Waals surface area (Å²) in [5.41, 5.74) is 5.82. The third kappa shape index (κ3) is 2.27. The van der Waals surface area contributed by atoms with Crippen LogP contribution in [-0.2, 0) is 9.84 Å². The Morgan fingerprint density at radius 1 is 1.60 bits per heavy atom. The van der Waals surface area contributed by atoms with Crippen molar-refractivity contribution in [3.8, 4) is 0 Å². The van der Waals surface area contributed by atoms with Crippen LogP contribution >= 0.6 is 22.6 Å². The van der Waals surface area contributed by atoms with Gasteiger partial charge in [0.15, 0.2) is 9.84 Å². The maximum absolute atomic E-state index is 11.5. The lowest BCUT2D eigenvalue weighted by Gasteiger charge is -2.23. The molecule has 0 spiro atoms. The molecule has 0 saturated carbocycles. The second-order valence-electron chi connectivity index (χ2n) is 3.73. The summed E-state index contributed by atoms with van der Waals surface area (Å²) < 4.78 is 25.4. The number of anilines is 1. The highest BCUT2D eigenvalue weighted by Crippen LogP contribution is 2.26. The lowest BCUT2D eigenvalue weighted by atomic mass is 10.2. The van der Waals surface area contributed by atoms with E-state index in [0.29, 0.717) is 18.0 Å². The fourth-order valence-corrected chi connectivity index (χ4v) is 3.87. The van der Waals surface area contributed by atoms with Crippen LogP contribution in [0.4, 0.5) is 5.82 Å². The van der Waals surface area contributed by atoms with Crippen molar-refractivity contribution in [3.05, 3.63) is 9.77 Å². The highest BCUT2D eigenvalue weighted by atomic mass is 127. The summed E-state index contributed by atoms with van der Waals surface area (Å²) in [7, 11) is -2.91. The smallest absolute Gasteiger partial charge is 0.152 e. The molecule has 1 aliphatic rings. The van der Waals surface area contributed by atoms with Crippen LogP contribution in [0.3, 0.4) is 0 Å². The number of nitrogen functional groups attached to an aromatic ring is 1. The van der Waals surface area contributed by atoms with Crippen molar-refractivity contribution < 1.29 is 8.42 Å². The summed E-state index contributed by atoms with van der Waals surface area (Å²) in [6.45, 7) is 0. The van der Waals surface area contributed by atoms with Crippen molar-refractivity contribution in [1.29, 1.82) is 0 Å². The number of hydrogen-bond donors (Lipinski definition) is 1. The SMILES string of the molecule is Nc1c(I)cnn1C1CCCS(=O)(=O)C1. The Morgan fingerprint density at radius 2 is 2.33 bits per heavy atom. The van der Waals surface area contributed by atoms with E-state index in [1.54, 1.807) is 10.9 Å². The van der Waals surface area contributed by atoms with Crippen LogP contribution in [0.25, 0.3) is 0 Å². The number of halogens is 1. The van der Waals surface area contributed by atoms with Gasteiger partial charge in [0, 0.05) is 0 Å². The van der Waals surface area contributed by atoms with Gasteiger partial charge in [0.05, 0.1) is 27.3 Å². The number of nitrogens with zero attached hydrogens (tertiary/aromatic N) is 2. The lowest BCUT2D eigenvalue weighted by Crippen LogP contribution is -2.28. The zero-order valence-corrected chi connectivity index (χ0v) is 11.0. The summed E-state index contributed by atoms with van der Waals surface area (Å²) >= 11 is 2.09. The van der Waals surface area contributed by atoms with Crippen molar-refractivity contribution >= 4 is 38.2 Å². The fourth-order valence-electron chi connectivity index (χ4n) is 1.83. The Morgan fingerprint density at radius 3 is 2.87 bits per heavy atom. The normalized spacial score (nSPS) is 25.3. The second-order valence-corrected chi connectivity index (χ2v) is 7.12. The van der Waals surface area contributed by atoms with Crippen molar-refractivity contribution in [2.45, 2.75) is 18.9 Å². The number of aromatic nitrogens is 2. The minimum Gasteiger partial charge on any atom is -0.383 e. The number of hydrogen-bond acceptors (Lipinski definition) is 4. The molecule has 84 valence electrons. The third-order valence-corrected chi connectivity index (χ3v) is 5.21. The molecule has 2 heterocycles. The first kappa shape index (κ1) is 11.2. The predicted molar refractivity (Wildman–Crippen MR) is 66.3 cm³/mol. The lowest BCUT2D eigenvalue weighted by molar-refractivity contribution is 0.440. The molecule has 2 rings (SSSR count). The maximum Gasteiger partial charge on any atom is 0.152 e. The van der Waals surface area contributed by atoms with Crippen molar-refractivity contribution in [1.82, 2.24) is 9.78 Å². The topological polar surface area (TPSA) is 78.0 Å². The molecule has 1 aliphatic heterocycles. The highest BCUT2D eigenvalue weighted by molar-refractivity contribution is 14.1. The van der Waals surface area contributed by atoms with Gasteiger partial charge in [0.1, 0.15) is 5.82 Å². The van der Waals surface area contributed by atoms with Crippen molar-refractivity contribution in [2.75, 3.05) is 17.2 Å². The molecular formula is C8H12IN3O2S. The maximum atomic E-state index is 11.5. The quantitative estimate of drug-likeness (QED) is 0.767. The van der Waals surface area contributed by atoms with E-state index in [1.165, 1.54) is 0 Å². The van der Waals surface area contributed by atoms with Crippen LogP contribution in [0.1, 0.15) is 18.9 Å². The molecular weight excluding hydrogens is 329 g/mol. The van der Waals surface area contributed by atoms with Gasteiger partial charge in [0.2, 0.25) is 0 Å². The summed E-state index contributed by atoms with van der Waals surface area (Å²) in [5, 5.41) is 4.12. The van der Waals surface area contributed by atoms with Crippen LogP contribution < -0.4 is 5.73 Å². The Hall–Kier alpha value is -0.310. The monoisotopic (exact) mass is 341 g/mol. The minimum absolute atomic E-state index is 0.0905. The van der Waals surface area contributed by atoms with Gasteiger partial charge in [-0.2, -0.15) is 5.10 Å². The van der Waals surface area contributed by atoms with Gasteiger partial charge < -0.3 is 5.73 Å². The van der Waals surface area contributed by atoms with Gasteiger partial charge in [-0.05, 0) is 35.4 Å². The van der Waals surface area contributed by atoms with E-state index < -0.39 is 9.84 Å². The van der Waals surface area contributed by atoms with Crippen LogP contribution in [-0.4, -0.2) is 29.7 Å². The first-order valence-electron chi connectivity index (χ1n) is 4.68. The first-order valence-corrected chi connectivity index (χ1v) is 7.58. The molecule has 15 heavy (non-hydrogen) atoms. The number of nitrogens with two attached hydrogens (primary N) is 1. The van der Waals surface area contributed by atoms with Crippen LogP contribution in [0.5, 0.6) is 0 Å². The predicted octanol–water partition coefficient (Wildman–Crippen LogP) is 0.820. The first-order chi connectivity index (χ1) is 6.99. The largest absolute Gasteiger partial charge is 0.383 e. The van der Waals surface area contributed by atoms with E-state index in [2.05, 4.69) is 27.7 Å². The second kappa shape index (κ2) is 3.93. The molecule has 0 bridgehead atoms.